The van der Waals surface area contributed by atoms with Crippen LogP contribution in [0, 0.1) is 5.92 Å². The van der Waals surface area contributed by atoms with Gasteiger partial charge in [0.1, 0.15) is 5.69 Å². The Kier molecular flexibility index (Phi) is 4.51. The van der Waals surface area contributed by atoms with Crippen LogP contribution in [0.2, 0.25) is 0 Å². The predicted molar refractivity (Wildman–Crippen MR) is 66.2 cm³/mol. The first kappa shape index (κ1) is 15.4. The monoisotopic (exact) mass is 305 g/mol. The molecule has 1 aliphatic heterocycles. The molecular weight excluding hydrogens is 291 g/mol. The summed E-state index contributed by atoms with van der Waals surface area (Å²) in [5, 5.41) is 11.4. The minimum atomic E-state index is -4.60. The predicted octanol–water partition coefficient (Wildman–Crippen LogP) is 1.61. The van der Waals surface area contributed by atoms with Crippen LogP contribution in [0.15, 0.2) is 17.3 Å². The second-order valence-corrected chi connectivity index (χ2v) is 4.57. The van der Waals surface area contributed by atoms with E-state index in [1.807, 2.05) is 0 Å². The number of ether oxygens (including phenoxy) is 2. The zero-order valence-corrected chi connectivity index (χ0v) is 10.9. The van der Waals surface area contributed by atoms with E-state index in [0.717, 1.165) is 18.6 Å². The van der Waals surface area contributed by atoms with Gasteiger partial charge < -0.3 is 20.4 Å². The molecular formula is C12H14F3N3O3. The van der Waals surface area contributed by atoms with E-state index < -0.39 is 11.9 Å². The van der Waals surface area contributed by atoms with Crippen molar-refractivity contribution in [2.75, 3.05) is 19.8 Å². The molecule has 2 rings (SSSR count). The van der Waals surface area contributed by atoms with Crippen LogP contribution in [0.4, 0.5) is 13.2 Å². The van der Waals surface area contributed by atoms with Crippen molar-refractivity contribution < 1.29 is 27.9 Å². The lowest BCUT2D eigenvalue weighted by atomic mass is 10.1. The smallest absolute Gasteiger partial charge is 0.433 e. The third-order valence-electron chi connectivity index (χ3n) is 3.01. The van der Waals surface area contributed by atoms with Crippen LogP contribution in [0.1, 0.15) is 17.7 Å². The number of pyridine rings is 1. The van der Waals surface area contributed by atoms with Gasteiger partial charge in [0.25, 0.3) is 0 Å². The van der Waals surface area contributed by atoms with Gasteiger partial charge in [0, 0.05) is 12.5 Å². The van der Waals surface area contributed by atoms with E-state index >= 15 is 0 Å². The molecule has 1 atom stereocenters. The average Bonchev–Trinajstić information content (AvgIpc) is 2.96. The van der Waals surface area contributed by atoms with Crippen LogP contribution in [0.3, 0.4) is 0 Å². The first-order chi connectivity index (χ1) is 9.91. The van der Waals surface area contributed by atoms with Gasteiger partial charge in [-0.25, -0.2) is 4.98 Å². The Morgan fingerprint density at radius 2 is 2.29 bits per heavy atom. The Balaban J connectivity index is 2.24. The Morgan fingerprint density at radius 1 is 1.52 bits per heavy atom. The molecule has 0 saturated carbocycles. The number of oxime groups is 1. The molecule has 0 radical (unpaired) electrons. The van der Waals surface area contributed by atoms with Crippen molar-refractivity contribution in [1.82, 2.24) is 4.98 Å². The van der Waals surface area contributed by atoms with Gasteiger partial charge in [-0.2, -0.15) is 13.2 Å². The summed E-state index contributed by atoms with van der Waals surface area (Å²) in [6, 6.07) is 1.81. The number of nitrogens with two attached hydrogens (primary N) is 1. The van der Waals surface area contributed by atoms with Gasteiger partial charge in [-0.1, -0.05) is 5.16 Å². The van der Waals surface area contributed by atoms with Crippen molar-refractivity contribution in [3.8, 4) is 5.88 Å². The van der Waals surface area contributed by atoms with Gasteiger partial charge in [-0.3, -0.25) is 0 Å². The molecule has 3 N–H and O–H groups in total. The zero-order valence-electron chi connectivity index (χ0n) is 10.9. The van der Waals surface area contributed by atoms with E-state index in [1.54, 1.807) is 0 Å². The molecule has 1 unspecified atom stereocenters. The highest BCUT2D eigenvalue weighted by molar-refractivity contribution is 5.99. The molecule has 0 aliphatic carbocycles. The highest BCUT2D eigenvalue weighted by atomic mass is 19.4. The Bertz CT molecular complexity index is 528. The topological polar surface area (TPSA) is 90.0 Å². The normalized spacial score (nSPS) is 19.8. The van der Waals surface area contributed by atoms with E-state index in [1.165, 1.54) is 0 Å². The summed E-state index contributed by atoms with van der Waals surface area (Å²) >= 11 is 0. The summed E-state index contributed by atoms with van der Waals surface area (Å²) in [6.07, 6.45) is -3.84. The van der Waals surface area contributed by atoms with Gasteiger partial charge in [-0.05, 0) is 18.6 Å². The van der Waals surface area contributed by atoms with E-state index in [0.29, 0.717) is 13.2 Å². The third kappa shape index (κ3) is 3.75. The molecule has 2 heterocycles. The lowest BCUT2D eigenvalue weighted by Crippen LogP contribution is -2.20. The standard InChI is InChI=1S/C12H14F3N3O3/c13-12(14,15)9-2-1-8(10(16)18-19)11(17-9)21-6-7-3-4-20-5-7/h1-2,7,19H,3-6H2,(H2,16,18). The molecule has 1 aromatic rings. The Morgan fingerprint density at radius 3 is 2.86 bits per heavy atom. The van der Waals surface area contributed by atoms with Crippen molar-refractivity contribution >= 4 is 5.84 Å². The van der Waals surface area contributed by atoms with Crippen molar-refractivity contribution in [3.63, 3.8) is 0 Å². The van der Waals surface area contributed by atoms with E-state index in [2.05, 4.69) is 10.1 Å². The number of nitrogens with zero attached hydrogens (tertiary/aromatic N) is 2. The summed E-state index contributed by atoms with van der Waals surface area (Å²) in [6.45, 7) is 1.23. The van der Waals surface area contributed by atoms with E-state index in [4.69, 9.17) is 20.4 Å². The fraction of sp³-hybridized carbons (Fsp3) is 0.500. The summed E-state index contributed by atoms with van der Waals surface area (Å²) < 4.78 is 48.5. The molecule has 1 saturated heterocycles. The van der Waals surface area contributed by atoms with E-state index in [-0.39, 0.29) is 29.8 Å². The Hall–Kier alpha value is -2.03. The average molecular weight is 305 g/mol. The molecule has 0 aromatic carbocycles. The lowest BCUT2D eigenvalue weighted by Gasteiger charge is -2.14. The van der Waals surface area contributed by atoms with Crippen LogP contribution in [-0.4, -0.2) is 35.8 Å². The zero-order chi connectivity index (χ0) is 15.5. The van der Waals surface area contributed by atoms with Crippen LogP contribution in [0.25, 0.3) is 0 Å². The number of aromatic nitrogens is 1. The first-order valence-electron chi connectivity index (χ1n) is 6.18. The van der Waals surface area contributed by atoms with Gasteiger partial charge in [-0.15, -0.1) is 0 Å². The van der Waals surface area contributed by atoms with Crippen LogP contribution >= 0.6 is 0 Å². The van der Waals surface area contributed by atoms with Gasteiger partial charge in [0.05, 0.1) is 18.8 Å². The highest BCUT2D eigenvalue weighted by Crippen LogP contribution is 2.30. The molecule has 1 aromatic heterocycles. The molecule has 9 heteroatoms. The molecule has 0 bridgehead atoms. The fourth-order valence-electron chi connectivity index (χ4n) is 1.87. The molecule has 1 aliphatic rings. The third-order valence-corrected chi connectivity index (χ3v) is 3.01. The van der Waals surface area contributed by atoms with Crippen LogP contribution in [-0.2, 0) is 10.9 Å². The maximum absolute atomic E-state index is 12.7. The minimum absolute atomic E-state index is 0.00409. The maximum atomic E-state index is 12.7. The summed E-state index contributed by atoms with van der Waals surface area (Å²) in [7, 11) is 0. The number of alkyl halides is 3. The van der Waals surface area contributed by atoms with Crippen molar-refractivity contribution in [2.24, 2.45) is 16.8 Å². The molecule has 6 nitrogen and oxygen atoms in total. The number of rotatable bonds is 4. The summed E-state index contributed by atoms with van der Waals surface area (Å²) in [5.74, 6) is -0.595. The largest absolute Gasteiger partial charge is 0.477 e. The molecule has 116 valence electrons. The van der Waals surface area contributed by atoms with E-state index in [9.17, 15) is 13.2 Å². The molecule has 0 spiro atoms. The number of halogens is 3. The van der Waals surface area contributed by atoms with Crippen molar-refractivity contribution in [3.05, 3.63) is 23.4 Å². The maximum Gasteiger partial charge on any atom is 0.433 e. The first-order valence-corrected chi connectivity index (χ1v) is 6.18. The van der Waals surface area contributed by atoms with Gasteiger partial charge >= 0.3 is 6.18 Å². The van der Waals surface area contributed by atoms with Gasteiger partial charge in [0.15, 0.2) is 5.84 Å². The SMILES string of the molecule is NC(=NO)c1ccc(C(F)(F)F)nc1OCC1CCOC1. The second-order valence-electron chi connectivity index (χ2n) is 4.57. The lowest BCUT2D eigenvalue weighted by molar-refractivity contribution is -0.141. The number of hydrogen-bond donors (Lipinski definition) is 2. The highest BCUT2D eigenvalue weighted by Gasteiger charge is 2.33. The van der Waals surface area contributed by atoms with Gasteiger partial charge in [0.2, 0.25) is 5.88 Å². The summed E-state index contributed by atoms with van der Waals surface area (Å²) in [5.41, 5.74) is 4.31. The Labute approximate surface area is 118 Å². The molecule has 21 heavy (non-hydrogen) atoms. The van der Waals surface area contributed by atoms with Crippen LogP contribution < -0.4 is 10.5 Å². The van der Waals surface area contributed by atoms with Crippen molar-refractivity contribution in [2.45, 2.75) is 12.6 Å². The van der Waals surface area contributed by atoms with Crippen molar-refractivity contribution in [1.29, 1.82) is 0 Å². The fourth-order valence-corrected chi connectivity index (χ4v) is 1.87. The second kappa shape index (κ2) is 6.17. The molecule has 1 fully saturated rings. The number of amidine groups is 1. The molecule has 0 amide bonds. The minimum Gasteiger partial charge on any atom is -0.477 e. The quantitative estimate of drug-likeness (QED) is 0.382. The van der Waals surface area contributed by atoms with Crippen LogP contribution in [0.5, 0.6) is 5.88 Å². The summed E-state index contributed by atoms with van der Waals surface area (Å²) in [4.78, 5) is 3.41. The number of hydrogen-bond acceptors (Lipinski definition) is 5.